The van der Waals surface area contributed by atoms with Gasteiger partial charge in [0.05, 0.1) is 0 Å². The number of amides is 1. The van der Waals surface area contributed by atoms with Gasteiger partial charge < -0.3 is 9.69 Å². The van der Waals surface area contributed by atoms with Crippen molar-refractivity contribution in [1.29, 1.82) is 0 Å². The average molecular weight is 330 g/mol. The predicted molar refractivity (Wildman–Crippen MR) is 79.6 cm³/mol. The highest BCUT2D eigenvalue weighted by atomic mass is 32.2. The molecule has 0 aromatic carbocycles. The molecule has 1 aliphatic rings. The molecule has 1 aromatic rings. The zero-order chi connectivity index (χ0) is 15.5. The Morgan fingerprint density at radius 2 is 1.86 bits per heavy atom. The van der Waals surface area contributed by atoms with E-state index in [1.165, 1.54) is 22.6 Å². The maximum atomic E-state index is 12.3. The van der Waals surface area contributed by atoms with Crippen molar-refractivity contribution in [2.45, 2.75) is 24.0 Å². The van der Waals surface area contributed by atoms with Gasteiger partial charge in [0.15, 0.2) is 0 Å². The molecule has 0 aliphatic carbocycles. The van der Waals surface area contributed by atoms with E-state index in [4.69, 9.17) is 0 Å². The van der Waals surface area contributed by atoms with Gasteiger partial charge >= 0.3 is 0 Å². The van der Waals surface area contributed by atoms with E-state index < -0.39 is 10.0 Å². The van der Waals surface area contributed by atoms with Gasteiger partial charge in [0.1, 0.15) is 9.99 Å². The summed E-state index contributed by atoms with van der Waals surface area (Å²) in [6.45, 7) is 2.81. The van der Waals surface area contributed by atoms with Crippen LogP contribution >= 0.6 is 11.3 Å². The second-order valence-electron chi connectivity index (χ2n) is 4.92. The van der Waals surface area contributed by atoms with Gasteiger partial charge in [0, 0.05) is 39.0 Å². The highest BCUT2D eigenvalue weighted by Gasteiger charge is 2.30. The van der Waals surface area contributed by atoms with Crippen LogP contribution in [0.5, 0.6) is 0 Å². The molecule has 0 spiro atoms. The lowest BCUT2D eigenvalue weighted by Gasteiger charge is -2.33. The number of ketones is 1. The van der Waals surface area contributed by atoms with Crippen LogP contribution in [-0.2, 0) is 19.6 Å². The number of sulfonamides is 1. The Kier molecular flexibility index (Phi) is 5.13. The second kappa shape index (κ2) is 6.67. The van der Waals surface area contributed by atoms with Crippen molar-refractivity contribution in [1.82, 2.24) is 9.21 Å². The maximum Gasteiger partial charge on any atom is 0.252 e. The van der Waals surface area contributed by atoms with Gasteiger partial charge in [0.2, 0.25) is 5.91 Å². The summed E-state index contributed by atoms with van der Waals surface area (Å²) in [5.74, 6) is -0.0966. The lowest BCUT2D eigenvalue weighted by Crippen LogP contribution is -2.50. The van der Waals surface area contributed by atoms with E-state index in [0.717, 1.165) is 0 Å². The molecule has 0 unspecified atom stereocenters. The monoisotopic (exact) mass is 330 g/mol. The third-order valence-corrected chi connectivity index (χ3v) is 6.64. The SMILES string of the molecule is CC(=O)CCC(=O)N1CCN(S(=O)(=O)c2cccs2)CC1. The molecule has 1 saturated heterocycles. The molecule has 6 nitrogen and oxygen atoms in total. The van der Waals surface area contributed by atoms with Gasteiger partial charge in [-0.2, -0.15) is 4.31 Å². The molecule has 8 heteroatoms. The number of Topliss-reactive ketones (excluding diaryl/α,β-unsaturated/α-hetero) is 1. The number of thiophene rings is 1. The van der Waals surface area contributed by atoms with Gasteiger partial charge in [-0.25, -0.2) is 8.42 Å². The van der Waals surface area contributed by atoms with Crippen LogP contribution in [0.2, 0.25) is 0 Å². The molecule has 116 valence electrons. The first-order valence-electron chi connectivity index (χ1n) is 6.72. The first kappa shape index (κ1) is 16.1. The van der Waals surface area contributed by atoms with E-state index in [1.807, 2.05) is 0 Å². The lowest BCUT2D eigenvalue weighted by atomic mass is 10.2. The standard InChI is InChI=1S/C13H18N2O4S2/c1-11(16)4-5-12(17)14-6-8-15(9-7-14)21(18,19)13-3-2-10-20-13/h2-3,10H,4-9H2,1H3. The summed E-state index contributed by atoms with van der Waals surface area (Å²) >= 11 is 1.19. The number of carbonyl (C=O) groups excluding carboxylic acids is 2. The highest BCUT2D eigenvalue weighted by molar-refractivity contribution is 7.91. The number of rotatable bonds is 5. The predicted octanol–water partition coefficient (Wildman–Crippen LogP) is 0.950. The second-order valence-corrected chi connectivity index (χ2v) is 8.03. The molecule has 2 heterocycles. The van der Waals surface area contributed by atoms with Gasteiger partial charge in [-0.3, -0.25) is 4.79 Å². The number of hydrogen-bond acceptors (Lipinski definition) is 5. The van der Waals surface area contributed by atoms with Crippen LogP contribution in [0.15, 0.2) is 21.7 Å². The van der Waals surface area contributed by atoms with Crippen molar-refractivity contribution in [3.8, 4) is 0 Å². The minimum atomic E-state index is -3.43. The fourth-order valence-electron chi connectivity index (χ4n) is 2.16. The molecule has 21 heavy (non-hydrogen) atoms. The van der Waals surface area contributed by atoms with Gasteiger partial charge in [-0.1, -0.05) is 6.07 Å². The van der Waals surface area contributed by atoms with Crippen LogP contribution in [0.4, 0.5) is 0 Å². The van der Waals surface area contributed by atoms with E-state index in [1.54, 1.807) is 22.4 Å². The van der Waals surface area contributed by atoms with Crippen LogP contribution in [0, 0.1) is 0 Å². The molecule has 0 saturated carbocycles. The molecule has 2 rings (SSSR count). The molecule has 1 aromatic heterocycles. The van der Waals surface area contributed by atoms with Crippen molar-refractivity contribution in [2.75, 3.05) is 26.2 Å². The zero-order valence-electron chi connectivity index (χ0n) is 11.8. The Labute approximate surface area is 128 Å². The van der Waals surface area contributed by atoms with Crippen LogP contribution in [0.3, 0.4) is 0 Å². The molecule has 1 fully saturated rings. The summed E-state index contributed by atoms with van der Waals surface area (Å²) < 4.78 is 26.4. The largest absolute Gasteiger partial charge is 0.340 e. The third-order valence-electron chi connectivity index (χ3n) is 3.37. The first-order chi connectivity index (χ1) is 9.91. The Hall–Kier alpha value is -1.25. The number of carbonyl (C=O) groups is 2. The Morgan fingerprint density at radius 3 is 2.38 bits per heavy atom. The van der Waals surface area contributed by atoms with Crippen molar-refractivity contribution < 1.29 is 18.0 Å². The molecule has 0 bridgehead atoms. The van der Waals surface area contributed by atoms with Crippen LogP contribution in [-0.4, -0.2) is 55.5 Å². The third kappa shape index (κ3) is 3.90. The highest BCUT2D eigenvalue weighted by Crippen LogP contribution is 2.22. The van der Waals surface area contributed by atoms with E-state index in [0.29, 0.717) is 30.4 Å². The first-order valence-corrected chi connectivity index (χ1v) is 9.04. The molecule has 0 radical (unpaired) electrons. The number of nitrogens with zero attached hydrogens (tertiary/aromatic N) is 2. The van der Waals surface area contributed by atoms with Crippen molar-refractivity contribution >= 4 is 33.1 Å². The minimum absolute atomic E-state index is 0.0118. The summed E-state index contributed by atoms with van der Waals surface area (Å²) in [6, 6.07) is 3.30. The smallest absolute Gasteiger partial charge is 0.252 e. The fraction of sp³-hybridized carbons (Fsp3) is 0.538. The van der Waals surface area contributed by atoms with Crippen LogP contribution in [0.25, 0.3) is 0 Å². The molecule has 1 aliphatic heterocycles. The van der Waals surface area contributed by atoms with Crippen molar-refractivity contribution in [3.05, 3.63) is 17.5 Å². The zero-order valence-corrected chi connectivity index (χ0v) is 13.5. The summed E-state index contributed by atoms with van der Waals surface area (Å²) in [5, 5.41) is 1.73. The maximum absolute atomic E-state index is 12.3. The quantitative estimate of drug-likeness (QED) is 0.805. The summed E-state index contributed by atoms with van der Waals surface area (Å²) in [7, 11) is -3.43. The minimum Gasteiger partial charge on any atom is -0.340 e. The van der Waals surface area contributed by atoms with E-state index in [9.17, 15) is 18.0 Å². The van der Waals surface area contributed by atoms with Crippen LogP contribution in [0.1, 0.15) is 19.8 Å². The Morgan fingerprint density at radius 1 is 1.19 bits per heavy atom. The fourth-order valence-corrected chi connectivity index (χ4v) is 4.72. The average Bonchev–Trinajstić information content (AvgIpc) is 2.99. The van der Waals surface area contributed by atoms with Gasteiger partial charge in [-0.05, 0) is 18.4 Å². The Bertz CT molecular complexity index is 602. The normalized spacial score (nSPS) is 16.9. The van der Waals surface area contributed by atoms with Gasteiger partial charge in [0.25, 0.3) is 10.0 Å². The molecule has 0 N–H and O–H groups in total. The summed E-state index contributed by atoms with van der Waals surface area (Å²) in [5.41, 5.74) is 0. The van der Waals surface area contributed by atoms with E-state index >= 15 is 0 Å². The Balaban J connectivity index is 1.91. The molecule has 1 amide bonds. The van der Waals surface area contributed by atoms with Crippen molar-refractivity contribution in [2.24, 2.45) is 0 Å². The lowest BCUT2D eigenvalue weighted by molar-refractivity contribution is -0.134. The summed E-state index contributed by atoms with van der Waals surface area (Å²) in [6.07, 6.45) is 0.444. The topological polar surface area (TPSA) is 74.8 Å². The molecular weight excluding hydrogens is 312 g/mol. The van der Waals surface area contributed by atoms with Crippen molar-refractivity contribution in [3.63, 3.8) is 0 Å². The molecule has 0 atom stereocenters. The summed E-state index contributed by atoms with van der Waals surface area (Å²) in [4.78, 5) is 24.4. The number of piperazine rings is 1. The molecular formula is C13H18N2O4S2. The van der Waals surface area contributed by atoms with E-state index in [-0.39, 0.29) is 24.5 Å². The van der Waals surface area contributed by atoms with Crippen LogP contribution < -0.4 is 0 Å². The van der Waals surface area contributed by atoms with Gasteiger partial charge in [-0.15, -0.1) is 11.3 Å². The van der Waals surface area contributed by atoms with E-state index in [2.05, 4.69) is 0 Å². The number of hydrogen-bond donors (Lipinski definition) is 0.